The first kappa shape index (κ1) is 15.8. The van der Waals surface area contributed by atoms with Gasteiger partial charge in [-0.2, -0.15) is 0 Å². The van der Waals surface area contributed by atoms with E-state index < -0.39 is 0 Å². The molecule has 0 fully saturated rings. The number of hydrogen-bond acceptors (Lipinski definition) is 4. The van der Waals surface area contributed by atoms with Crippen molar-refractivity contribution in [3.05, 3.63) is 23.8 Å². The molecule has 0 bridgehead atoms. The fourth-order valence-electron chi connectivity index (χ4n) is 2.03. The van der Waals surface area contributed by atoms with Gasteiger partial charge < -0.3 is 20.1 Å². The van der Waals surface area contributed by atoms with Crippen molar-refractivity contribution in [3.63, 3.8) is 0 Å². The molecule has 0 aliphatic carbocycles. The Labute approximate surface area is 116 Å². The SMILES string of the molecule is CCNC(C)c1ccc(N(C)CCOCC)cc1O. The largest absolute Gasteiger partial charge is 0.508 e. The summed E-state index contributed by atoms with van der Waals surface area (Å²) in [4.78, 5) is 2.08. The fourth-order valence-corrected chi connectivity index (χ4v) is 2.03. The molecule has 0 spiro atoms. The number of likely N-dealkylation sites (N-methyl/N-ethyl adjacent to an activating group) is 1. The maximum atomic E-state index is 10.1. The van der Waals surface area contributed by atoms with Gasteiger partial charge >= 0.3 is 0 Å². The number of anilines is 1. The van der Waals surface area contributed by atoms with Crippen molar-refractivity contribution in [1.82, 2.24) is 5.32 Å². The molecule has 0 amide bonds. The molecule has 1 rings (SSSR count). The van der Waals surface area contributed by atoms with Crippen LogP contribution in [0.15, 0.2) is 18.2 Å². The van der Waals surface area contributed by atoms with E-state index in [0.717, 1.165) is 30.9 Å². The summed E-state index contributed by atoms with van der Waals surface area (Å²) >= 11 is 0. The van der Waals surface area contributed by atoms with E-state index in [9.17, 15) is 5.11 Å². The molecule has 0 saturated carbocycles. The van der Waals surface area contributed by atoms with Crippen LogP contribution in [0, 0.1) is 0 Å². The molecule has 2 N–H and O–H groups in total. The van der Waals surface area contributed by atoms with Gasteiger partial charge in [0.1, 0.15) is 5.75 Å². The quantitative estimate of drug-likeness (QED) is 0.710. The molecule has 1 aromatic rings. The maximum absolute atomic E-state index is 10.1. The molecule has 19 heavy (non-hydrogen) atoms. The summed E-state index contributed by atoms with van der Waals surface area (Å²) in [5.41, 5.74) is 1.94. The van der Waals surface area contributed by atoms with Gasteiger partial charge in [-0.3, -0.25) is 0 Å². The highest BCUT2D eigenvalue weighted by Crippen LogP contribution is 2.28. The number of hydrogen-bond donors (Lipinski definition) is 2. The molecule has 0 aromatic heterocycles. The first-order valence-corrected chi connectivity index (χ1v) is 6.95. The van der Waals surface area contributed by atoms with Crippen LogP contribution in [0.3, 0.4) is 0 Å². The van der Waals surface area contributed by atoms with Gasteiger partial charge in [-0.25, -0.2) is 0 Å². The molecule has 4 heteroatoms. The Bertz CT molecular complexity index is 382. The predicted molar refractivity (Wildman–Crippen MR) is 80.0 cm³/mol. The van der Waals surface area contributed by atoms with Crippen LogP contribution in [0.25, 0.3) is 0 Å². The Kier molecular flexibility index (Phi) is 6.67. The van der Waals surface area contributed by atoms with E-state index in [2.05, 4.69) is 24.1 Å². The van der Waals surface area contributed by atoms with Gasteiger partial charge in [0.05, 0.1) is 6.61 Å². The van der Waals surface area contributed by atoms with E-state index in [-0.39, 0.29) is 6.04 Å². The number of ether oxygens (including phenoxy) is 1. The van der Waals surface area contributed by atoms with E-state index >= 15 is 0 Å². The minimum absolute atomic E-state index is 0.160. The van der Waals surface area contributed by atoms with Crippen molar-refractivity contribution < 1.29 is 9.84 Å². The molecule has 0 heterocycles. The van der Waals surface area contributed by atoms with Crippen LogP contribution in [0.4, 0.5) is 5.69 Å². The number of nitrogens with one attached hydrogen (secondary N) is 1. The monoisotopic (exact) mass is 266 g/mol. The van der Waals surface area contributed by atoms with Crippen LogP contribution in [0.5, 0.6) is 5.75 Å². The fraction of sp³-hybridized carbons (Fsp3) is 0.600. The molecule has 1 unspecified atom stereocenters. The third kappa shape index (κ3) is 4.73. The topological polar surface area (TPSA) is 44.7 Å². The molecule has 0 saturated heterocycles. The zero-order chi connectivity index (χ0) is 14.3. The number of phenolic OH excluding ortho intramolecular Hbond substituents is 1. The van der Waals surface area contributed by atoms with Gasteiger partial charge in [-0.1, -0.05) is 13.0 Å². The summed E-state index contributed by atoms with van der Waals surface area (Å²) in [6.45, 7) is 9.23. The van der Waals surface area contributed by atoms with Crippen molar-refractivity contribution >= 4 is 5.69 Å². The second-order valence-corrected chi connectivity index (χ2v) is 4.64. The summed E-state index contributed by atoms with van der Waals surface area (Å²) in [7, 11) is 2.00. The van der Waals surface area contributed by atoms with Crippen molar-refractivity contribution in [2.75, 3.05) is 38.3 Å². The lowest BCUT2D eigenvalue weighted by molar-refractivity contribution is 0.154. The lowest BCUT2D eigenvalue weighted by Gasteiger charge is -2.21. The van der Waals surface area contributed by atoms with Gasteiger partial charge in [-0.15, -0.1) is 0 Å². The first-order valence-electron chi connectivity index (χ1n) is 6.95. The molecule has 1 atom stereocenters. The zero-order valence-corrected chi connectivity index (χ0v) is 12.4. The summed E-state index contributed by atoms with van der Waals surface area (Å²) in [6.07, 6.45) is 0. The second-order valence-electron chi connectivity index (χ2n) is 4.64. The third-order valence-electron chi connectivity index (χ3n) is 3.21. The normalized spacial score (nSPS) is 12.4. The van der Waals surface area contributed by atoms with E-state index in [1.165, 1.54) is 0 Å². The van der Waals surface area contributed by atoms with E-state index in [4.69, 9.17) is 4.74 Å². The van der Waals surface area contributed by atoms with Crippen LogP contribution >= 0.6 is 0 Å². The van der Waals surface area contributed by atoms with E-state index in [1.807, 2.05) is 32.2 Å². The van der Waals surface area contributed by atoms with Gasteiger partial charge in [-0.05, 0) is 26.5 Å². The molecule has 0 aliphatic rings. The Morgan fingerprint density at radius 2 is 2.11 bits per heavy atom. The molecular weight excluding hydrogens is 240 g/mol. The molecule has 1 aromatic carbocycles. The maximum Gasteiger partial charge on any atom is 0.122 e. The van der Waals surface area contributed by atoms with Crippen LogP contribution < -0.4 is 10.2 Å². The lowest BCUT2D eigenvalue weighted by atomic mass is 10.1. The van der Waals surface area contributed by atoms with Crippen molar-refractivity contribution in [2.24, 2.45) is 0 Å². The first-order chi connectivity index (χ1) is 9.10. The predicted octanol–water partition coefficient (Wildman–Crippen LogP) is 2.54. The minimum atomic E-state index is 0.160. The molecule has 108 valence electrons. The average Bonchev–Trinajstić information content (AvgIpc) is 2.39. The second kappa shape index (κ2) is 8.02. The Morgan fingerprint density at radius 3 is 2.68 bits per heavy atom. The zero-order valence-electron chi connectivity index (χ0n) is 12.4. The van der Waals surface area contributed by atoms with Crippen molar-refractivity contribution in [2.45, 2.75) is 26.8 Å². The third-order valence-corrected chi connectivity index (χ3v) is 3.21. The van der Waals surface area contributed by atoms with Gasteiger partial charge in [0.2, 0.25) is 0 Å². The Balaban J connectivity index is 2.70. The Hall–Kier alpha value is -1.26. The number of rotatable bonds is 8. The summed E-state index contributed by atoms with van der Waals surface area (Å²) in [5.74, 6) is 0.342. The number of benzene rings is 1. The van der Waals surface area contributed by atoms with Crippen LogP contribution in [-0.4, -0.2) is 38.5 Å². The number of phenols is 1. The lowest BCUT2D eigenvalue weighted by Crippen LogP contribution is -2.23. The standard InChI is InChI=1S/C15H26N2O2/c1-5-16-12(3)14-8-7-13(11-15(14)18)17(4)9-10-19-6-2/h7-8,11-12,16,18H,5-6,9-10H2,1-4H3. The van der Waals surface area contributed by atoms with E-state index in [1.54, 1.807) is 0 Å². The van der Waals surface area contributed by atoms with Crippen molar-refractivity contribution in [3.8, 4) is 5.75 Å². The number of nitrogens with zero attached hydrogens (tertiary/aromatic N) is 1. The number of aromatic hydroxyl groups is 1. The highest BCUT2D eigenvalue weighted by molar-refractivity contribution is 5.53. The van der Waals surface area contributed by atoms with Gasteiger partial charge in [0.15, 0.2) is 0 Å². The highest BCUT2D eigenvalue weighted by atomic mass is 16.5. The summed E-state index contributed by atoms with van der Waals surface area (Å²) in [5, 5.41) is 13.4. The summed E-state index contributed by atoms with van der Waals surface area (Å²) < 4.78 is 5.34. The molecular formula is C15H26N2O2. The van der Waals surface area contributed by atoms with E-state index in [0.29, 0.717) is 12.4 Å². The van der Waals surface area contributed by atoms with Crippen LogP contribution in [0.2, 0.25) is 0 Å². The van der Waals surface area contributed by atoms with Crippen LogP contribution in [-0.2, 0) is 4.74 Å². The molecule has 0 radical (unpaired) electrons. The van der Waals surface area contributed by atoms with Gasteiger partial charge in [0.25, 0.3) is 0 Å². The van der Waals surface area contributed by atoms with Gasteiger partial charge in [0, 0.05) is 43.6 Å². The van der Waals surface area contributed by atoms with Crippen LogP contribution in [0.1, 0.15) is 32.4 Å². The smallest absolute Gasteiger partial charge is 0.122 e. The molecule has 4 nitrogen and oxygen atoms in total. The molecule has 0 aliphatic heterocycles. The van der Waals surface area contributed by atoms with Crippen molar-refractivity contribution in [1.29, 1.82) is 0 Å². The summed E-state index contributed by atoms with van der Waals surface area (Å²) in [6, 6.07) is 5.99. The Morgan fingerprint density at radius 1 is 1.37 bits per heavy atom. The highest BCUT2D eigenvalue weighted by Gasteiger charge is 2.11. The average molecular weight is 266 g/mol. The minimum Gasteiger partial charge on any atom is -0.508 e.